The predicted octanol–water partition coefficient (Wildman–Crippen LogP) is 3.76. The SMILES string of the molecule is Cc1cccc(C)c1NC(=O)CNS(=O)(=O)c1c(C)c(C)c(C)c(C)c1C. The summed E-state index contributed by atoms with van der Waals surface area (Å²) in [5.74, 6) is -0.396. The Hall–Kier alpha value is -2.18. The fraction of sp³-hybridized carbons (Fsp3) is 0.381. The van der Waals surface area contributed by atoms with E-state index in [1.54, 1.807) is 13.8 Å². The fourth-order valence-corrected chi connectivity index (χ4v) is 4.87. The van der Waals surface area contributed by atoms with Crippen LogP contribution in [0, 0.1) is 48.5 Å². The first-order chi connectivity index (χ1) is 12.5. The molecule has 0 heterocycles. The molecule has 0 atom stereocenters. The van der Waals surface area contributed by atoms with Gasteiger partial charge in [-0.15, -0.1) is 0 Å². The van der Waals surface area contributed by atoms with Gasteiger partial charge in [-0.25, -0.2) is 13.1 Å². The molecule has 2 aromatic rings. The number of para-hydroxylation sites is 1. The third-order valence-corrected chi connectivity index (χ3v) is 7.04. The molecule has 0 spiro atoms. The van der Waals surface area contributed by atoms with Gasteiger partial charge in [-0.1, -0.05) is 18.2 Å². The standard InChI is InChI=1S/C21H28N2O3S/c1-12-9-8-10-13(2)20(12)23-19(24)11-22-27(25,26)21-17(6)15(4)14(3)16(5)18(21)7/h8-10,22H,11H2,1-7H3,(H,23,24). The van der Waals surface area contributed by atoms with Gasteiger partial charge in [-0.2, -0.15) is 0 Å². The Labute approximate surface area is 162 Å². The Bertz CT molecular complexity index is 959. The third kappa shape index (κ3) is 4.22. The Morgan fingerprint density at radius 1 is 0.815 bits per heavy atom. The highest BCUT2D eigenvalue weighted by Crippen LogP contribution is 2.29. The maximum absolute atomic E-state index is 12.9. The van der Waals surface area contributed by atoms with Crippen LogP contribution in [-0.4, -0.2) is 20.9 Å². The summed E-state index contributed by atoms with van der Waals surface area (Å²) in [6.45, 7) is 12.9. The molecule has 0 saturated carbocycles. The van der Waals surface area contributed by atoms with Crippen LogP contribution in [0.15, 0.2) is 23.1 Å². The molecule has 0 radical (unpaired) electrons. The monoisotopic (exact) mass is 388 g/mol. The number of amides is 1. The van der Waals surface area contributed by atoms with Gasteiger partial charge in [0.1, 0.15) is 0 Å². The smallest absolute Gasteiger partial charge is 0.241 e. The summed E-state index contributed by atoms with van der Waals surface area (Å²) in [6.07, 6.45) is 0. The van der Waals surface area contributed by atoms with Crippen molar-refractivity contribution in [3.8, 4) is 0 Å². The third-order valence-electron chi connectivity index (χ3n) is 5.37. The summed E-state index contributed by atoms with van der Waals surface area (Å²) in [4.78, 5) is 12.6. The first-order valence-corrected chi connectivity index (χ1v) is 10.4. The van der Waals surface area contributed by atoms with E-state index in [0.717, 1.165) is 44.6 Å². The normalized spacial score (nSPS) is 11.5. The number of benzene rings is 2. The molecule has 5 nitrogen and oxygen atoms in total. The summed E-state index contributed by atoms with van der Waals surface area (Å²) in [6, 6.07) is 5.71. The van der Waals surface area contributed by atoms with E-state index in [2.05, 4.69) is 10.0 Å². The van der Waals surface area contributed by atoms with Gasteiger partial charge in [0, 0.05) is 5.69 Å². The molecule has 0 fully saturated rings. The van der Waals surface area contributed by atoms with Gasteiger partial charge < -0.3 is 5.32 Å². The lowest BCUT2D eigenvalue weighted by Gasteiger charge is -2.19. The highest BCUT2D eigenvalue weighted by molar-refractivity contribution is 7.89. The molecular formula is C21H28N2O3S. The van der Waals surface area contributed by atoms with E-state index in [4.69, 9.17) is 0 Å². The molecule has 27 heavy (non-hydrogen) atoms. The van der Waals surface area contributed by atoms with E-state index in [0.29, 0.717) is 0 Å². The van der Waals surface area contributed by atoms with Gasteiger partial charge in [0.15, 0.2) is 0 Å². The van der Waals surface area contributed by atoms with Crippen LogP contribution in [0.25, 0.3) is 0 Å². The minimum absolute atomic E-state index is 0.267. The summed E-state index contributed by atoms with van der Waals surface area (Å²) in [7, 11) is -3.80. The number of aryl methyl sites for hydroxylation is 2. The van der Waals surface area contributed by atoms with Crippen molar-refractivity contribution in [2.45, 2.75) is 53.4 Å². The summed E-state index contributed by atoms with van der Waals surface area (Å²) in [5, 5.41) is 2.80. The van der Waals surface area contributed by atoms with Crippen molar-refractivity contribution in [1.82, 2.24) is 4.72 Å². The molecule has 2 rings (SSSR count). The highest BCUT2D eigenvalue weighted by atomic mass is 32.2. The molecule has 2 N–H and O–H groups in total. The van der Waals surface area contributed by atoms with Crippen LogP contribution < -0.4 is 10.0 Å². The van der Waals surface area contributed by atoms with Crippen molar-refractivity contribution in [3.05, 3.63) is 57.1 Å². The second-order valence-corrected chi connectivity index (χ2v) is 8.80. The van der Waals surface area contributed by atoms with Gasteiger partial charge in [0.2, 0.25) is 15.9 Å². The second kappa shape index (κ2) is 7.82. The Morgan fingerprint density at radius 2 is 1.26 bits per heavy atom. The van der Waals surface area contributed by atoms with E-state index < -0.39 is 15.9 Å². The zero-order valence-corrected chi connectivity index (χ0v) is 17.9. The zero-order valence-electron chi connectivity index (χ0n) is 17.1. The van der Waals surface area contributed by atoms with E-state index in [1.165, 1.54) is 0 Å². The summed E-state index contributed by atoms with van der Waals surface area (Å²) >= 11 is 0. The molecule has 146 valence electrons. The molecule has 0 saturated heterocycles. The number of carbonyl (C=O) groups excluding carboxylic acids is 1. The van der Waals surface area contributed by atoms with Gasteiger partial charge in [-0.05, 0) is 87.4 Å². The molecule has 0 aliphatic rings. The molecule has 6 heteroatoms. The van der Waals surface area contributed by atoms with Crippen molar-refractivity contribution in [2.24, 2.45) is 0 Å². The molecule has 0 unspecified atom stereocenters. The van der Waals surface area contributed by atoms with E-state index in [9.17, 15) is 13.2 Å². The van der Waals surface area contributed by atoms with Crippen LogP contribution >= 0.6 is 0 Å². The van der Waals surface area contributed by atoms with E-state index in [1.807, 2.05) is 52.8 Å². The lowest BCUT2D eigenvalue weighted by molar-refractivity contribution is -0.115. The first kappa shape index (κ1) is 21.1. The predicted molar refractivity (Wildman–Crippen MR) is 110 cm³/mol. The maximum Gasteiger partial charge on any atom is 0.241 e. The van der Waals surface area contributed by atoms with E-state index in [-0.39, 0.29) is 11.4 Å². The topological polar surface area (TPSA) is 75.3 Å². The number of hydrogen-bond donors (Lipinski definition) is 2. The number of rotatable bonds is 5. The van der Waals surface area contributed by atoms with Crippen LogP contribution in [0.3, 0.4) is 0 Å². The molecule has 0 aliphatic heterocycles. The fourth-order valence-electron chi connectivity index (χ4n) is 3.30. The van der Waals surface area contributed by atoms with Crippen molar-refractivity contribution in [3.63, 3.8) is 0 Å². The number of carbonyl (C=O) groups is 1. The van der Waals surface area contributed by atoms with Gasteiger partial charge in [0.25, 0.3) is 0 Å². The largest absolute Gasteiger partial charge is 0.324 e. The summed E-state index contributed by atoms with van der Waals surface area (Å²) in [5.41, 5.74) is 7.03. The van der Waals surface area contributed by atoms with Crippen LogP contribution in [0.4, 0.5) is 5.69 Å². The average molecular weight is 389 g/mol. The van der Waals surface area contributed by atoms with E-state index >= 15 is 0 Å². The van der Waals surface area contributed by atoms with Crippen LogP contribution in [-0.2, 0) is 14.8 Å². The van der Waals surface area contributed by atoms with Gasteiger partial charge in [-0.3, -0.25) is 4.79 Å². The minimum Gasteiger partial charge on any atom is -0.324 e. The number of hydrogen-bond acceptors (Lipinski definition) is 3. The number of sulfonamides is 1. The minimum atomic E-state index is -3.80. The van der Waals surface area contributed by atoms with Crippen molar-refractivity contribution < 1.29 is 13.2 Å². The van der Waals surface area contributed by atoms with Crippen molar-refractivity contribution in [2.75, 3.05) is 11.9 Å². The molecule has 0 aliphatic carbocycles. The van der Waals surface area contributed by atoms with Crippen LogP contribution in [0.2, 0.25) is 0 Å². The number of nitrogens with one attached hydrogen (secondary N) is 2. The Balaban J connectivity index is 2.24. The van der Waals surface area contributed by atoms with Crippen molar-refractivity contribution in [1.29, 1.82) is 0 Å². The van der Waals surface area contributed by atoms with Gasteiger partial charge >= 0.3 is 0 Å². The Morgan fingerprint density at radius 3 is 1.74 bits per heavy atom. The second-order valence-electron chi connectivity index (χ2n) is 7.09. The quantitative estimate of drug-likeness (QED) is 0.819. The average Bonchev–Trinajstić information content (AvgIpc) is 2.60. The highest BCUT2D eigenvalue weighted by Gasteiger charge is 2.24. The summed E-state index contributed by atoms with van der Waals surface area (Å²) < 4.78 is 28.2. The Kier molecular flexibility index (Phi) is 6.12. The molecule has 1 amide bonds. The molecular weight excluding hydrogens is 360 g/mol. The maximum atomic E-state index is 12.9. The zero-order chi connectivity index (χ0) is 20.5. The van der Waals surface area contributed by atoms with Crippen molar-refractivity contribution >= 4 is 21.6 Å². The van der Waals surface area contributed by atoms with Gasteiger partial charge in [0.05, 0.1) is 11.4 Å². The number of anilines is 1. The lowest BCUT2D eigenvalue weighted by atomic mass is 9.95. The first-order valence-electron chi connectivity index (χ1n) is 8.90. The van der Waals surface area contributed by atoms with Crippen LogP contribution in [0.1, 0.15) is 38.9 Å². The molecule has 0 bridgehead atoms. The molecule has 0 aromatic heterocycles. The molecule has 2 aromatic carbocycles. The van der Waals surface area contributed by atoms with Crippen LogP contribution in [0.5, 0.6) is 0 Å². The lowest BCUT2D eigenvalue weighted by Crippen LogP contribution is -2.34.